The summed E-state index contributed by atoms with van der Waals surface area (Å²) in [5, 5.41) is 59.1. The molecule has 0 aromatic heterocycles. The van der Waals surface area contributed by atoms with Crippen molar-refractivity contribution in [3.05, 3.63) is 71.5 Å². The summed E-state index contributed by atoms with van der Waals surface area (Å²) in [4.78, 5) is 12.2. The van der Waals surface area contributed by atoms with E-state index in [-0.39, 0.29) is 28.8 Å². The Labute approximate surface area is 218 Å². The minimum absolute atomic E-state index is 0.0243. The lowest BCUT2D eigenvalue weighted by atomic mass is 9.99. The second-order valence-corrected chi connectivity index (χ2v) is 8.29. The first kappa shape index (κ1) is 28.7. The number of aromatic hydroxyl groups is 1. The van der Waals surface area contributed by atoms with Crippen molar-refractivity contribution in [2.45, 2.75) is 30.7 Å². The maximum absolute atomic E-state index is 12.2. The van der Waals surface area contributed by atoms with E-state index in [0.29, 0.717) is 11.1 Å². The van der Waals surface area contributed by atoms with Gasteiger partial charge in [-0.3, -0.25) is 4.79 Å². The van der Waals surface area contributed by atoms with Crippen LogP contribution in [0.2, 0.25) is 0 Å². The lowest BCUT2D eigenvalue weighted by Crippen LogP contribution is -2.60. The summed E-state index contributed by atoms with van der Waals surface area (Å²) < 4.78 is 21.3. The largest absolute Gasteiger partial charge is 0.508 e. The van der Waals surface area contributed by atoms with Gasteiger partial charge in [0.05, 0.1) is 20.8 Å². The standard InChI is InChI=1S/C27H30O11/c1-35-21-11-15(5-9-19(21)31)3-7-17(29)13-18(30)8-4-16-6-10-20(22(12-16)36-2)37-27-26(34)25(33)24(32)23(14-28)38-27/h3-13,23-28,30-34H,14H2,1-2H3. The first-order valence-corrected chi connectivity index (χ1v) is 11.5. The molecule has 204 valence electrons. The molecular weight excluding hydrogens is 500 g/mol. The summed E-state index contributed by atoms with van der Waals surface area (Å²) >= 11 is 0. The molecule has 6 N–H and O–H groups in total. The average molecular weight is 531 g/mol. The average Bonchev–Trinajstić information content (AvgIpc) is 2.92. The van der Waals surface area contributed by atoms with Crippen molar-refractivity contribution in [1.29, 1.82) is 0 Å². The van der Waals surface area contributed by atoms with Crippen LogP contribution in [0.15, 0.2) is 60.4 Å². The third kappa shape index (κ3) is 7.12. The number of allylic oxidation sites excluding steroid dienone is 3. The topological polar surface area (TPSA) is 175 Å². The van der Waals surface area contributed by atoms with Crippen molar-refractivity contribution in [1.82, 2.24) is 0 Å². The zero-order valence-electron chi connectivity index (χ0n) is 20.7. The molecule has 0 amide bonds. The number of carbonyl (C=O) groups excluding carboxylic acids is 1. The number of hydrogen-bond donors (Lipinski definition) is 6. The van der Waals surface area contributed by atoms with Crippen LogP contribution in [0, 0.1) is 0 Å². The second-order valence-electron chi connectivity index (χ2n) is 8.29. The molecule has 2 aromatic rings. The number of aliphatic hydroxyl groups is 5. The van der Waals surface area contributed by atoms with Crippen molar-refractivity contribution in [3.8, 4) is 23.0 Å². The lowest BCUT2D eigenvalue weighted by molar-refractivity contribution is -0.277. The fourth-order valence-electron chi connectivity index (χ4n) is 3.57. The minimum Gasteiger partial charge on any atom is -0.508 e. The van der Waals surface area contributed by atoms with Crippen LogP contribution in [0.4, 0.5) is 0 Å². The third-order valence-electron chi connectivity index (χ3n) is 5.66. The molecule has 0 radical (unpaired) electrons. The number of ether oxygens (including phenoxy) is 4. The molecule has 2 aromatic carbocycles. The van der Waals surface area contributed by atoms with Crippen LogP contribution in [0.25, 0.3) is 12.2 Å². The zero-order valence-corrected chi connectivity index (χ0v) is 20.7. The maximum Gasteiger partial charge on any atom is 0.229 e. The van der Waals surface area contributed by atoms with Crippen LogP contribution < -0.4 is 14.2 Å². The molecule has 1 aliphatic rings. The molecular formula is C27H30O11. The molecule has 3 rings (SSSR count). The molecule has 11 nitrogen and oxygen atoms in total. The number of aliphatic hydroxyl groups excluding tert-OH is 5. The Balaban J connectivity index is 1.66. The predicted octanol–water partition coefficient (Wildman–Crippen LogP) is 1.33. The van der Waals surface area contributed by atoms with Gasteiger partial charge in [0.2, 0.25) is 6.29 Å². The Morgan fingerprint density at radius 2 is 1.53 bits per heavy atom. The van der Waals surface area contributed by atoms with Gasteiger partial charge in [0, 0.05) is 6.08 Å². The fraction of sp³-hybridized carbons (Fsp3) is 0.296. The van der Waals surface area contributed by atoms with Gasteiger partial charge in [-0.1, -0.05) is 24.3 Å². The predicted molar refractivity (Wildman–Crippen MR) is 136 cm³/mol. The van der Waals surface area contributed by atoms with E-state index in [1.165, 1.54) is 50.7 Å². The number of rotatable bonds is 10. The van der Waals surface area contributed by atoms with Gasteiger partial charge in [0.15, 0.2) is 28.8 Å². The number of methoxy groups -OCH3 is 2. The minimum atomic E-state index is -1.59. The highest BCUT2D eigenvalue weighted by Crippen LogP contribution is 2.32. The van der Waals surface area contributed by atoms with Gasteiger partial charge in [0.1, 0.15) is 30.2 Å². The summed E-state index contributed by atoms with van der Waals surface area (Å²) in [5.41, 5.74) is 1.19. The van der Waals surface area contributed by atoms with Crippen LogP contribution in [0.5, 0.6) is 23.0 Å². The molecule has 0 spiro atoms. The Bertz CT molecular complexity index is 1200. The molecule has 0 aliphatic carbocycles. The van der Waals surface area contributed by atoms with Gasteiger partial charge in [-0.25, -0.2) is 0 Å². The maximum atomic E-state index is 12.2. The van der Waals surface area contributed by atoms with Gasteiger partial charge in [-0.05, 0) is 47.5 Å². The van der Waals surface area contributed by atoms with Crippen LogP contribution in [-0.4, -0.2) is 88.0 Å². The fourth-order valence-corrected chi connectivity index (χ4v) is 3.57. The van der Waals surface area contributed by atoms with Crippen molar-refractivity contribution >= 4 is 17.9 Å². The third-order valence-corrected chi connectivity index (χ3v) is 5.66. The van der Waals surface area contributed by atoms with E-state index < -0.39 is 43.1 Å². The SMILES string of the molecule is COc1cc(C=CC(=O)C=C(O)C=Cc2ccc(OC3OC(CO)C(O)C(O)C3O)c(OC)c2)ccc1O. The van der Waals surface area contributed by atoms with Gasteiger partial charge in [-0.15, -0.1) is 0 Å². The molecule has 0 saturated carbocycles. The Hall–Kier alpha value is -3.87. The highest BCUT2D eigenvalue weighted by atomic mass is 16.7. The smallest absolute Gasteiger partial charge is 0.229 e. The van der Waals surface area contributed by atoms with Crippen molar-refractivity contribution in [2.24, 2.45) is 0 Å². The number of phenols is 1. The molecule has 1 saturated heterocycles. The van der Waals surface area contributed by atoms with E-state index in [2.05, 4.69) is 0 Å². The molecule has 1 aliphatic heterocycles. The normalized spacial score (nSPS) is 24.1. The van der Waals surface area contributed by atoms with Crippen LogP contribution in [-0.2, 0) is 9.53 Å². The molecule has 1 heterocycles. The summed E-state index contributed by atoms with van der Waals surface area (Å²) in [6.45, 7) is -0.591. The summed E-state index contributed by atoms with van der Waals surface area (Å²) in [6, 6.07) is 9.26. The first-order chi connectivity index (χ1) is 18.2. The van der Waals surface area contributed by atoms with Crippen LogP contribution in [0.3, 0.4) is 0 Å². The second kappa shape index (κ2) is 13.1. The number of hydrogen-bond acceptors (Lipinski definition) is 11. The van der Waals surface area contributed by atoms with E-state index in [1.54, 1.807) is 24.3 Å². The summed E-state index contributed by atoms with van der Waals surface area (Å²) in [7, 11) is 2.80. The van der Waals surface area contributed by atoms with E-state index in [4.69, 9.17) is 18.9 Å². The van der Waals surface area contributed by atoms with Gasteiger partial charge < -0.3 is 49.6 Å². The highest BCUT2D eigenvalue weighted by molar-refractivity contribution is 6.02. The van der Waals surface area contributed by atoms with Crippen LogP contribution in [0.1, 0.15) is 11.1 Å². The van der Waals surface area contributed by atoms with Crippen molar-refractivity contribution in [2.75, 3.05) is 20.8 Å². The first-order valence-electron chi connectivity index (χ1n) is 11.5. The van der Waals surface area contributed by atoms with Gasteiger partial charge in [-0.2, -0.15) is 0 Å². The van der Waals surface area contributed by atoms with E-state index in [1.807, 2.05) is 0 Å². The van der Waals surface area contributed by atoms with Crippen molar-refractivity contribution < 1.29 is 54.4 Å². The number of carbonyl (C=O) groups is 1. The van der Waals surface area contributed by atoms with E-state index in [0.717, 1.165) is 6.08 Å². The Morgan fingerprint density at radius 1 is 0.895 bits per heavy atom. The number of ketones is 1. The summed E-state index contributed by atoms with van der Waals surface area (Å²) in [5.74, 6) is -0.149. The van der Waals surface area contributed by atoms with E-state index >= 15 is 0 Å². The Kier molecular flexibility index (Phi) is 9.88. The molecule has 0 bridgehead atoms. The molecule has 5 atom stereocenters. The zero-order chi connectivity index (χ0) is 27.8. The molecule has 1 fully saturated rings. The quantitative estimate of drug-likeness (QED) is 0.148. The monoisotopic (exact) mass is 530 g/mol. The molecule has 38 heavy (non-hydrogen) atoms. The van der Waals surface area contributed by atoms with E-state index in [9.17, 15) is 35.4 Å². The summed E-state index contributed by atoms with van der Waals surface area (Å²) in [6.07, 6.45) is -0.562. The highest BCUT2D eigenvalue weighted by Gasteiger charge is 2.44. The number of benzene rings is 2. The van der Waals surface area contributed by atoms with Gasteiger partial charge in [0.25, 0.3) is 0 Å². The molecule has 11 heteroatoms. The van der Waals surface area contributed by atoms with Crippen LogP contribution >= 0.6 is 0 Å². The van der Waals surface area contributed by atoms with Gasteiger partial charge >= 0.3 is 0 Å². The molecule has 5 unspecified atom stereocenters. The number of phenolic OH excluding ortho intramolecular Hbond substituents is 1. The van der Waals surface area contributed by atoms with Crippen molar-refractivity contribution in [3.63, 3.8) is 0 Å². The Morgan fingerprint density at radius 3 is 2.18 bits per heavy atom. The lowest BCUT2D eigenvalue weighted by Gasteiger charge is -2.39.